The van der Waals surface area contributed by atoms with E-state index in [0.717, 1.165) is 13.1 Å². The predicted molar refractivity (Wildman–Crippen MR) is 69.0 cm³/mol. The Bertz CT molecular complexity index is 216. The van der Waals surface area contributed by atoms with Gasteiger partial charge in [0.15, 0.2) is 0 Å². The summed E-state index contributed by atoms with van der Waals surface area (Å²) >= 11 is 0. The van der Waals surface area contributed by atoms with Crippen molar-refractivity contribution in [3.63, 3.8) is 0 Å². The Labute approximate surface area is 105 Å². The number of hydrogen-bond donors (Lipinski definition) is 2. The molecule has 0 spiro atoms. The van der Waals surface area contributed by atoms with Crippen LogP contribution in [0.3, 0.4) is 0 Å². The number of methoxy groups -OCH3 is 1. The standard InChI is InChI=1S/C12H27N3O2/c1-14-5-4-10(6-14)7-15(2)12(8-16)11(13)9-17-3/h10-12,16H,4-9,13H2,1-3H3. The summed E-state index contributed by atoms with van der Waals surface area (Å²) in [6.45, 7) is 3.88. The average molecular weight is 245 g/mol. The monoisotopic (exact) mass is 245 g/mol. The molecule has 1 saturated heterocycles. The van der Waals surface area contributed by atoms with E-state index in [0.29, 0.717) is 12.5 Å². The minimum absolute atomic E-state index is 0.0131. The molecule has 3 N–H and O–H groups in total. The molecular weight excluding hydrogens is 218 g/mol. The summed E-state index contributed by atoms with van der Waals surface area (Å²) in [4.78, 5) is 4.52. The zero-order valence-electron chi connectivity index (χ0n) is 11.3. The van der Waals surface area contributed by atoms with Crippen molar-refractivity contribution in [1.29, 1.82) is 0 Å². The molecule has 3 unspecified atom stereocenters. The summed E-state index contributed by atoms with van der Waals surface area (Å²) in [7, 11) is 5.83. The largest absolute Gasteiger partial charge is 0.395 e. The van der Waals surface area contributed by atoms with Crippen LogP contribution in [0.5, 0.6) is 0 Å². The Morgan fingerprint density at radius 1 is 1.59 bits per heavy atom. The molecule has 1 aliphatic rings. The van der Waals surface area contributed by atoms with Crippen molar-refractivity contribution in [2.24, 2.45) is 11.7 Å². The van der Waals surface area contributed by atoms with E-state index in [1.165, 1.54) is 13.0 Å². The Kier molecular flexibility index (Phi) is 6.37. The van der Waals surface area contributed by atoms with Crippen molar-refractivity contribution in [1.82, 2.24) is 9.80 Å². The van der Waals surface area contributed by atoms with Crippen LogP contribution in [0, 0.1) is 5.92 Å². The lowest BCUT2D eigenvalue weighted by atomic mass is 10.0. The third-order valence-electron chi connectivity index (χ3n) is 3.64. The zero-order valence-corrected chi connectivity index (χ0v) is 11.3. The number of ether oxygens (including phenoxy) is 1. The number of likely N-dealkylation sites (N-methyl/N-ethyl adjacent to an activating group) is 1. The number of aliphatic hydroxyl groups is 1. The Morgan fingerprint density at radius 3 is 2.76 bits per heavy atom. The molecule has 5 nitrogen and oxygen atoms in total. The van der Waals surface area contributed by atoms with Crippen LogP contribution in [0.15, 0.2) is 0 Å². The van der Waals surface area contributed by atoms with Crippen molar-refractivity contribution < 1.29 is 9.84 Å². The third-order valence-corrected chi connectivity index (χ3v) is 3.64. The first-order valence-electron chi connectivity index (χ1n) is 6.32. The molecule has 102 valence electrons. The normalized spacial score (nSPS) is 25.4. The number of rotatable bonds is 7. The molecule has 0 aromatic carbocycles. The fourth-order valence-electron chi connectivity index (χ4n) is 2.62. The highest BCUT2D eigenvalue weighted by molar-refractivity contribution is 4.83. The number of hydrogen-bond acceptors (Lipinski definition) is 5. The van der Waals surface area contributed by atoms with Crippen molar-refractivity contribution in [2.45, 2.75) is 18.5 Å². The second kappa shape index (κ2) is 7.28. The molecule has 3 atom stereocenters. The van der Waals surface area contributed by atoms with Gasteiger partial charge in [-0.25, -0.2) is 0 Å². The van der Waals surface area contributed by atoms with Gasteiger partial charge in [0.25, 0.3) is 0 Å². The van der Waals surface area contributed by atoms with Crippen LogP contribution < -0.4 is 5.73 Å². The van der Waals surface area contributed by atoms with Crippen molar-refractivity contribution in [3.05, 3.63) is 0 Å². The van der Waals surface area contributed by atoms with E-state index >= 15 is 0 Å². The molecule has 0 saturated carbocycles. The molecule has 17 heavy (non-hydrogen) atoms. The first kappa shape index (κ1) is 14.9. The minimum atomic E-state index is -0.130. The van der Waals surface area contributed by atoms with Crippen LogP contribution in [0.2, 0.25) is 0 Å². The molecule has 1 fully saturated rings. The zero-order chi connectivity index (χ0) is 12.8. The molecule has 0 radical (unpaired) electrons. The lowest BCUT2D eigenvalue weighted by Gasteiger charge is -2.32. The third kappa shape index (κ3) is 4.52. The maximum absolute atomic E-state index is 9.43. The summed E-state index contributed by atoms with van der Waals surface area (Å²) in [5.74, 6) is 0.689. The summed E-state index contributed by atoms with van der Waals surface area (Å²) in [6, 6.07) is -0.144. The Morgan fingerprint density at radius 2 is 2.29 bits per heavy atom. The first-order valence-corrected chi connectivity index (χ1v) is 6.32. The van der Waals surface area contributed by atoms with Crippen LogP contribution in [-0.4, -0.2) is 81.0 Å². The molecule has 1 heterocycles. The van der Waals surface area contributed by atoms with Gasteiger partial charge in [0.2, 0.25) is 0 Å². The molecule has 0 aliphatic carbocycles. The van der Waals surface area contributed by atoms with Crippen molar-refractivity contribution >= 4 is 0 Å². The SMILES string of the molecule is COCC(N)C(CO)N(C)CC1CCN(C)C1. The molecule has 0 aromatic heterocycles. The van der Waals surface area contributed by atoms with Crippen LogP contribution in [0.4, 0.5) is 0 Å². The lowest BCUT2D eigenvalue weighted by molar-refractivity contribution is 0.0774. The number of nitrogens with zero attached hydrogens (tertiary/aromatic N) is 2. The van der Waals surface area contributed by atoms with Gasteiger partial charge in [-0.15, -0.1) is 0 Å². The number of nitrogens with two attached hydrogens (primary N) is 1. The van der Waals surface area contributed by atoms with Gasteiger partial charge in [0, 0.05) is 32.3 Å². The molecule has 5 heteroatoms. The predicted octanol–water partition coefficient (Wildman–Crippen LogP) is -0.795. The van der Waals surface area contributed by atoms with E-state index in [-0.39, 0.29) is 18.7 Å². The Hall–Kier alpha value is -0.200. The van der Waals surface area contributed by atoms with E-state index in [9.17, 15) is 5.11 Å². The van der Waals surface area contributed by atoms with Gasteiger partial charge in [0.1, 0.15) is 0 Å². The van der Waals surface area contributed by atoms with E-state index in [4.69, 9.17) is 10.5 Å². The highest BCUT2D eigenvalue weighted by Crippen LogP contribution is 2.16. The Balaban J connectivity index is 2.40. The van der Waals surface area contributed by atoms with Crippen LogP contribution >= 0.6 is 0 Å². The fraction of sp³-hybridized carbons (Fsp3) is 1.00. The molecule has 0 aromatic rings. The second-order valence-electron chi connectivity index (χ2n) is 5.23. The van der Waals surface area contributed by atoms with Gasteiger partial charge in [-0.05, 0) is 33.0 Å². The summed E-state index contributed by atoms with van der Waals surface area (Å²) in [5, 5.41) is 9.43. The topological polar surface area (TPSA) is 62.0 Å². The fourth-order valence-corrected chi connectivity index (χ4v) is 2.62. The molecule has 1 aliphatic heterocycles. The second-order valence-corrected chi connectivity index (χ2v) is 5.23. The molecule has 0 bridgehead atoms. The van der Waals surface area contributed by atoms with E-state index < -0.39 is 0 Å². The van der Waals surface area contributed by atoms with Crippen LogP contribution in [-0.2, 0) is 4.74 Å². The van der Waals surface area contributed by atoms with Gasteiger partial charge in [0.05, 0.1) is 13.2 Å². The van der Waals surface area contributed by atoms with Crippen molar-refractivity contribution in [3.8, 4) is 0 Å². The maximum atomic E-state index is 9.43. The number of aliphatic hydroxyl groups excluding tert-OH is 1. The summed E-state index contributed by atoms with van der Waals surface area (Å²) < 4.78 is 5.05. The minimum Gasteiger partial charge on any atom is -0.395 e. The van der Waals surface area contributed by atoms with Crippen LogP contribution in [0.25, 0.3) is 0 Å². The van der Waals surface area contributed by atoms with Crippen LogP contribution in [0.1, 0.15) is 6.42 Å². The highest BCUT2D eigenvalue weighted by atomic mass is 16.5. The average Bonchev–Trinajstić information content (AvgIpc) is 2.65. The smallest absolute Gasteiger partial charge is 0.0629 e. The van der Waals surface area contributed by atoms with Crippen molar-refractivity contribution in [2.75, 3.05) is 54.1 Å². The molecule has 0 amide bonds. The highest BCUT2D eigenvalue weighted by Gasteiger charge is 2.26. The molecular formula is C12H27N3O2. The maximum Gasteiger partial charge on any atom is 0.0629 e. The van der Waals surface area contributed by atoms with Gasteiger partial charge in [-0.3, -0.25) is 4.90 Å². The van der Waals surface area contributed by atoms with E-state index in [1.807, 2.05) is 7.05 Å². The van der Waals surface area contributed by atoms with Gasteiger partial charge in [-0.1, -0.05) is 0 Å². The van der Waals surface area contributed by atoms with E-state index in [1.54, 1.807) is 7.11 Å². The summed E-state index contributed by atoms with van der Waals surface area (Å²) in [5.41, 5.74) is 6.00. The van der Waals surface area contributed by atoms with Gasteiger partial charge >= 0.3 is 0 Å². The van der Waals surface area contributed by atoms with E-state index in [2.05, 4.69) is 16.8 Å². The molecule has 1 rings (SSSR count). The van der Waals surface area contributed by atoms with Gasteiger partial charge < -0.3 is 20.5 Å². The first-order chi connectivity index (χ1) is 8.08. The van der Waals surface area contributed by atoms with Gasteiger partial charge in [-0.2, -0.15) is 0 Å². The lowest BCUT2D eigenvalue weighted by Crippen LogP contribution is -2.51. The quantitative estimate of drug-likeness (QED) is 0.615. The number of likely N-dealkylation sites (tertiary alicyclic amines) is 1. The summed E-state index contributed by atoms with van der Waals surface area (Å²) in [6.07, 6.45) is 1.23.